The highest BCUT2D eigenvalue weighted by Gasteiger charge is 2.18. The number of rotatable bonds is 6. The minimum atomic E-state index is 1.14. The largest absolute Gasteiger partial charge is 0.310 e. The van der Waals surface area contributed by atoms with Crippen LogP contribution in [-0.2, 0) is 0 Å². The van der Waals surface area contributed by atoms with Crippen LogP contribution in [0, 0.1) is 0 Å². The maximum atomic E-state index is 2.39. The number of thiophene rings is 2. The monoisotopic (exact) mass is 674 g/mol. The van der Waals surface area contributed by atoms with E-state index in [2.05, 4.69) is 192 Å². The summed E-state index contributed by atoms with van der Waals surface area (Å²) in [4.78, 5) is 4.73. The van der Waals surface area contributed by atoms with Crippen LogP contribution in [0.5, 0.6) is 0 Å². The minimum absolute atomic E-state index is 1.14. The average molecular weight is 675 g/mol. The van der Waals surface area contributed by atoms with E-state index < -0.39 is 0 Å². The maximum absolute atomic E-state index is 2.39. The van der Waals surface area contributed by atoms with Crippen LogP contribution in [0.3, 0.4) is 0 Å². The second-order valence-corrected chi connectivity index (χ2v) is 14.7. The van der Waals surface area contributed by atoms with Gasteiger partial charge < -0.3 is 9.80 Å². The molecule has 10 rings (SSSR count). The molecule has 0 unspecified atom stereocenters. The molecule has 236 valence electrons. The molecule has 0 N–H and O–H groups in total. The van der Waals surface area contributed by atoms with Gasteiger partial charge in [0, 0.05) is 74.5 Å². The Morgan fingerprint density at radius 1 is 0.280 bits per heavy atom. The molecule has 0 saturated carbocycles. The molecule has 4 heteroatoms. The van der Waals surface area contributed by atoms with Crippen molar-refractivity contribution in [3.05, 3.63) is 182 Å². The van der Waals surface area contributed by atoms with Gasteiger partial charge in [0.05, 0.1) is 0 Å². The van der Waals surface area contributed by atoms with E-state index in [0.717, 1.165) is 34.1 Å². The molecular formula is C46H30N2S2. The molecule has 0 aliphatic heterocycles. The molecule has 0 aliphatic carbocycles. The molecule has 2 nitrogen and oxygen atoms in total. The van der Waals surface area contributed by atoms with Gasteiger partial charge in [-0.3, -0.25) is 0 Å². The van der Waals surface area contributed by atoms with E-state index >= 15 is 0 Å². The molecule has 2 aromatic heterocycles. The van der Waals surface area contributed by atoms with Crippen molar-refractivity contribution < 1.29 is 0 Å². The molecule has 0 aliphatic rings. The molecule has 0 atom stereocenters. The predicted octanol–water partition coefficient (Wildman–Crippen LogP) is 14.5. The van der Waals surface area contributed by atoms with Crippen LogP contribution in [-0.4, -0.2) is 0 Å². The quantitative estimate of drug-likeness (QED) is 0.173. The van der Waals surface area contributed by atoms with Crippen molar-refractivity contribution in [3.8, 4) is 0 Å². The molecule has 0 saturated heterocycles. The molecule has 10 aromatic rings. The summed E-state index contributed by atoms with van der Waals surface area (Å²) in [5.74, 6) is 0. The normalized spacial score (nSPS) is 11.6. The van der Waals surface area contributed by atoms with Gasteiger partial charge in [-0.2, -0.15) is 0 Å². The van der Waals surface area contributed by atoms with E-state index in [0.29, 0.717) is 0 Å². The summed E-state index contributed by atoms with van der Waals surface area (Å²) in [6.07, 6.45) is 0. The van der Waals surface area contributed by atoms with Crippen LogP contribution in [0.25, 0.3) is 51.1 Å². The van der Waals surface area contributed by atoms with E-state index in [1.165, 1.54) is 51.1 Å². The fourth-order valence-electron chi connectivity index (χ4n) is 7.29. The molecular weight excluding hydrogens is 645 g/mol. The molecule has 0 radical (unpaired) electrons. The number of fused-ring (bicyclic) bond motifs is 8. The predicted molar refractivity (Wildman–Crippen MR) is 219 cm³/mol. The van der Waals surface area contributed by atoms with E-state index in [4.69, 9.17) is 0 Å². The summed E-state index contributed by atoms with van der Waals surface area (Å²) < 4.78 is 5.22. The smallest absolute Gasteiger partial charge is 0.0476 e. The number of benzene rings is 8. The van der Waals surface area contributed by atoms with Crippen LogP contribution in [0.2, 0.25) is 0 Å². The van der Waals surface area contributed by atoms with Gasteiger partial charge in [-0.15, -0.1) is 22.7 Å². The Labute approximate surface area is 298 Å². The summed E-state index contributed by atoms with van der Waals surface area (Å²) in [6, 6.07) is 66.0. The fourth-order valence-corrected chi connectivity index (χ4v) is 9.63. The summed E-state index contributed by atoms with van der Waals surface area (Å²) in [5.41, 5.74) is 6.87. The van der Waals surface area contributed by atoms with Gasteiger partial charge in [-0.25, -0.2) is 0 Å². The van der Waals surface area contributed by atoms with Crippen molar-refractivity contribution in [3.63, 3.8) is 0 Å². The van der Waals surface area contributed by atoms with Crippen molar-refractivity contribution in [2.75, 3.05) is 9.80 Å². The number of hydrogen-bond donors (Lipinski definition) is 0. The Bertz CT molecular complexity index is 2780. The summed E-state index contributed by atoms with van der Waals surface area (Å²) in [5, 5.41) is 7.77. The molecule has 0 bridgehead atoms. The van der Waals surface area contributed by atoms with Crippen molar-refractivity contribution in [1.82, 2.24) is 0 Å². The molecule has 2 heterocycles. The Morgan fingerprint density at radius 3 is 1.40 bits per heavy atom. The van der Waals surface area contributed by atoms with Crippen LogP contribution in [0.15, 0.2) is 182 Å². The van der Waals surface area contributed by atoms with Crippen molar-refractivity contribution >= 4 is 108 Å². The summed E-state index contributed by atoms with van der Waals surface area (Å²) >= 11 is 3.75. The third-order valence-corrected chi connectivity index (χ3v) is 12.0. The lowest BCUT2D eigenvalue weighted by Crippen LogP contribution is -2.09. The van der Waals surface area contributed by atoms with E-state index in [9.17, 15) is 0 Å². The van der Waals surface area contributed by atoms with Gasteiger partial charge in [0.15, 0.2) is 0 Å². The lowest BCUT2D eigenvalue weighted by Gasteiger charge is -2.26. The third-order valence-electron chi connectivity index (χ3n) is 9.60. The molecule has 50 heavy (non-hydrogen) atoms. The van der Waals surface area contributed by atoms with E-state index in [1.54, 1.807) is 0 Å². The lowest BCUT2D eigenvalue weighted by molar-refractivity contribution is 1.29. The molecule has 0 amide bonds. The second kappa shape index (κ2) is 11.9. The molecule has 0 fully saturated rings. The second-order valence-electron chi connectivity index (χ2n) is 12.6. The Balaban J connectivity index is 1.11. The third kappa shape index (κ3) is 4.84. The van der Waals surface area contributed by atoms with Gasteiger partial charge in [0.25, 0.3) is 0 Å². The first-order valence-electron chi connectivity index (χ1n) is 16.8. The van der Waals surface area contributed by atoms with E-state index in [1.807, 2.05) is 22.7 Å². The van der Waals surface area contributed by atoms with Crippen LogP contribution in [0.1, 0.15) is 0 Å². The standard InChI is InChI=1S/C46H30N2S2/c1-4-13-32(14-5-1)47(33-15-6-2-7-16-33)35-22-26-43-41(28-35)39-25-21-37(30-45(39)49-43)48(34-17-8-3-9-18-34)36-23-27-44-42(29-36)40-24-20-31-12-10-11-19-38(31)46(40)50-44/h1-30H. The summed E-state index contributed by atoms with van der Waals surface area (Å²) in [7, 11) is 0. The van der Waals surface area contributed by atoms with Gasteiger partial charge in [0.1, 0.15) is 0 Å². The highest BCUT2D eigenvalue weighted by atomic mass is 32.1. The number of anilines is 6. The first-order valence-corrected chi connectivity index (χ1v) is 18.5. The van der Waals surface area contributed by atoms with Gasteiger partial charge in [0.2, 0.25) is 0 Å². The van der Waals surface area contributed by atoms with Gasteiger partial charge in [-0.1, -0.05) is 97.1 Å². The zero-order chi connectivity index (χ0) is 33.0. The maximum Gasteiger partial charge on any atom is 0.0476 e. The zero-order valence-corrected chi connectivity index (χ0v) is 28.7. The Hall–Kier alpha value is -5.94. The topological polar surface area (TPSA) is 6.48 Å². The summed E-state index contributed by atoms with van der Waals surface area (Å²) in [6.45, 7) is 0. The fraction of sp³-hybridized carbons (Fsp3) is 0. The first-order chi connectivity index (χ1) is 24.8. The number of nitrogens with zero attached hydrogens (tertiary/aromatic N) is 2. The highest BCUT2D eigenvalue weighted by molar-refractivity contribution is 7.26. The van der Waals surface area contributed by atoms with Crippen LogP contribution >= 0.6 is 22.7 Å². The SMILES string of the molecule is c1ccc(N(c2ccccc2)c2ccc3sc4cc(N(c5ccccc5)c5ccc6sc7c8ccccc8ccc7c6c5)ccc4c3c2)cc1. The van der Waals surface area contributed by atoms with E-state index in [-0.39, 0.29) is 0 Å². The highest BCUT2D eigenvalue weighted by Crippen LogP contribution is 2.45. The Kier molecular flexibility index (Phi) is 6.90. The first kappa shape index (κ1) is 29.0. The minimum Gasteiger partial charge on any atom is -0.310 e. The average Bonchev–Trinajstić information content (AvgIpc) is 3.74. The lowest BCUT2D eigenvalue weighted by atomic mass is 10.1. The van der Waals surface area contributed by atoms with Crippen molar-refractivity contribution in [2.24, 2.45) is 0 Å². The zero-order valence-electron chi connectivity index (χ0n) is 27.0. The van der Waals surface area contributed by atoms with Crippen molar-refractivity contribution in [2.45, 2.75) is 0 Å². The van der Waals surface area contributed by atoms with Crippen molar-refractivity contribution in [1.29, 1.82) is 0 Å². The number of hydrogen-bond acceptors (Lipinski definition) is 4. The molecule has 0 spiro atoms. The number of para-hydroxylation sites is 3. The Morgan fingerprint density at radius 2 is 0.760 bits per heavy atom. The van der Waals surface area contributed by atoms with Gasteiger partial charge in [-0.05, 0) is 95.7 Å². The van der Waals surface area contributed by atoms with Crippen LogP contribution in [0.4, 0.5) is 34.1 Å². The van der Waals surface area contributed by atoms with Gasteiger partial charge >= 0.3 is 0 Å². The molecule has 8 aromatic carbocycles. The van der Waals surface area contributed by atoms with Crippen LogP contribution < -0.4 is 9.80 Å².